The van der Waals surface area contributed by atoms with Crippen molar-refractivity contribution in [1.82, 2.24) is 5.32 Å². The molecule has 0 atom stereocenters. The Kier molecular flexibility index (Phi) is 14.9. The number of amides is 1. The predicted molar refractivity (Wildman–Crippen MR) is 94.0 cm³/mol. The normalized spacial score (nSPS) is 11.2. The third-order valence-corrected chi connectivity index (χ3v) is 3.05. The molecule has 0 fully saturated rings. The van der Waals surface area contributed by atoms with E-state index >= 15 is 0 Å². The van der Waals surface area contributed by atoms with Gasteiger partial charge in [-0.15, -0.1) is 0 Å². The third-order valence-electron chi connectivity index (χ3n) is 3.05. The SMILES string of the molecule is CC(C)CC(=O)CCCOCCOCCOCCC(=O)NC(C)C. The molecule has 0 radical (unpaired) electrons. The zero-order valence-corrected chi connectivity index (χ0v) is 15.8. The molecule has 0 aromatic carbocycles. The molecule has 0 aromatic heterocycles. The Hall–Kier alpha value is -0.980. The molecular weight excluding hydrogens is 310 g/mol. The van der Waals surface area contributed by atoms with Crippen LogP contribution in [-0.2, 0) is 23.8 Å². The van der Waals surface area contributed by atoms with Gasteiger partial charge in [-0.2, -0.15) is 0 Å². The summed E-state index contributed by atoms with van der Waals surface area (Å²) >= 11 is 0. The highest BCUT2D eigenvalue weighted by Crippen LogP contribution is 2.04. The maximum Gasteiger partial charge on any atom is 0.222 e. The lowest BCUT2D eigenvalue weighted by atomic mass is 10.0. The summed E-state index contributed by atoms with van der Waals surface area (Å²) in [5.74, 6) is 0.744. The molecule has 0 aliphatic heterocycles. The smallest absolute Gasteiger partial charge is 0.222 e. The van der Waals surface area contributed by atoms with Gasteiger partial charge in [0.2, 0.25) is 5.91 Å². The van der Waals surface area contributed by atoms with Crippen LogP contribution >= 0.6 is 0 Å². The van der Waals surface area contributed by atoms with Crippen molar-refractivity contribution in [2.24, 2.45) is 5.92 Å². The Morgan fingerprint density at radius 3 is 1.88 bits per heavy atom. The fourth-order valence-electron chi connectivity index (χ4n) is 2.03. The number of rotatable bonds is 16. The van der Waals surface area contributed by atoms with Crippen molar-refractivity contribution in [2.45, 2.75) is 59.4 Å². The first-order valence-corrected chi connectivity index (χ1v) is 8.96. The van der Waals surface area contributed by atoms with Crippen LogP contribution in [0, 0.1) is 5.92 Å². The number of nitrogens with one attached hydrogen (secondary N) is 1. The predicted octanol–water partition coefficient (Wildman–Crippen LogP) is 2.35. The number of hydrogen-bond acceptors (Lipinski definition) is 5. The van der Waals surface area contributed by atoms with E-state index in [9.17, 15) is 9.59 Å². The number of carbonyl (C=O) groups excluding carboxylic acids is 2. The summed E-state index contributed by atoms with van der Waals surface area (Å²) in [5, 5.41) is 2.81. The topological polar surface area (TPSA) is 73.9 Å². The molecule has 6 nitrogen and oxygen atoms in total. The van der Waals surface area contributed by atoms with Gasteiger partial charge in [0.05, 0.1) is 33.0 Å². The van der Waals surface area contributed by atoms with E-state index in [4.69, 9.17) is 14.2 Å². The summed E-state index contributed by atoms with van der Waals surface area (Å²) in [6.45, 7) is 11.0. The van der Waals surface area contributed by atoms with Crippen molar-refractivity contribution in [3.63, 3.8) is 0 Å². The van der Waals surface area contributed by atoms with Gasteiger partial charge in [0, 0.05) is 31.9 Å². The molecule has 0 saturated heterocycles. The zero-order valence-electron chi connectivity index (χ0n) is 15.8. The summed E-state index contributed by atoms with van der Waals surface area (Å²) in [6, 6.07) is 0.161. The fraction of sp³-hybridized carbons (Fsp3) is 0.889. The highest BCUT2D eigenvalue weighted by atomic mass is 16.5. The van der Waals surface area contributed by atoms with E-state index in [1.165, 1.54) is 0 Å². The molecule has 0 aliphatic rings. The number of carbonyl (C=O) groups is 2. The highest BCUT2D eigenvalue weighted by molar-refractivity contribution is 5.78. The van der Waals surface area contributed by atoms with Gasteiger partial charge in [0.15, 0.2) is 0 Å². The second kappa shape index (κ2) is 15.5. The molecule has 0 saturated carbocycles. The largest absolute Gasteiger partial charge is 0.379 e. The van der Waals surface area contributed by atoms with Crippen LogP contribution in [0.4, 0.5) is 0 Å². The number of ether oxygens (including phenoxy) is 3. The Morgan fingerprint density at radius 1 is 0.792 bits per heavy atom. The van der Waals surface area contributed by atoms with Gasteiger partial charge in [-0.05, 0) is 26.2 Å². The van der Waals surface area contributed by atoms with Crippen molar-refractivity contribution >= 4 is 11.7 Å². The van der Waals surface area contributed by atoms with E-state index in [1.807, 2.05) is 13.8 Å². The second-order valence-electron chi connectivity index (χ2n) is 6.55. The van der Waals surface area contributed by atoms with Gasteiger partial charge in [-0.25, -0.2) is 0 Å². The zero-order chi connectivity index (χ0) is 18.2. The Balaban J connectivity index is 3.20. The lowest BCUT2D eigenvalue weighted by Crippen LogP contribution is -2.30. The van der Waals surface area contributed by atoms with Crippen molar-refractivity contribution < 1.29 is 23.8 Å². The van der Waals surface area contributed by atoms with E-state index < -0.39 is 0 Å². The molecule has 1 amide bonds. The van der Waals surface area contributed by atoms with Crippen LogP contribution in [0.3, 0.4) is 0 Å². The molecule has 6 heteroatoms. The summed E-state index contributed by atoms with van der Waals surface area (Å²) < 4.78 is 16.1. The Morgan fingerprint density at radius 2 is 1.33 bits per heavy atom. The minimum atomic E-state index is 0.00574. The van der Waals surface area contributed by atoms with Crippen LogP contribution in [0.25, 0.3) is 0 Å². The van der Waals surface area contributed by atoms with Crippen molar-refractivity contribution in [3.8, 4) is 0 Å². The van der Waals surface area contributed by atoms with Gasteiger partial charge in [0.1, 0.15) is 5.78 Å². The molecule has 0 aliphatic carbocycles. The Labute approximate surface area is 146 Å². The van der Waals surface area contributed by atoms with E-state index in [0.717, 1.165) is 6.42 Å². The molecule has 24 heavy (non-hydrogen) atoms. The maximum absolute atomic E-state index is 11.5. The van der Waals surface area contributed by atoms with Gasteiger partial charge in [-0.3, -0.25) is 9.59 Å². The molecule has 1 N–H and O–H groups in total. The number of ketones is 1. The third kappa shape index (κ3) is 17.4. The molecular formula is C18H35NO5. The minimum absolute atomic E-state index is 0.00574. The summed E-state index contributed by atoms with van der Waals surface area (Å²) in [6.07, 6.45) is 2.39. The van der Waals surface area contributed by atoms with E-state index in [0.29, 0.717) is 70.6 Å². The van der Waals surface area contributed by atoms with Gasteiger partial charge in [-0.1, -0.05) is 13.8 Å². The van der Waals surface area contributed by atoms with E-state index in [1.54, 1.807) is 0 Å². The summed E-state index contributed by atoms with van der Waals surface area (Å²) in [5.41, 5.74) is 0. The molecule has 0 bridgehead atoms. The standard InChI is InChI=1S/C18H35NO5/c1-15(2)14-17(20)6-5-8-22-10-12-24-13-11-23-9-7-18(21)19-16(3)4/h15-16H,5-14H2,1-4H3,(H,19,21). The lowest BCUT2D eigenvalue weighted by molar-refractivity contribution is -0.123. The van der Waals surface area contributed by atoms with Crippen LogP contribution in [0.1, 0.15) is 53.4 Å². The average Bonchev–Trinajstić information content (AvgIpc) is 2.46. The first-order chi connectivity index (χ1) is 11.4. The second-order valence-corrected chi connectivity index (χ2v) is 6.55. The van der Waals surface area contributed by atoms with Crippen molar-refractivity contribution in [3.05, 3.63) is 0 Å². The highest BCUT2D eigenvalue weighted by Gasteiger charge is 2.04. The van der Waals surface area contributed by atoms with Crippen molar-refractivity contribution in [1.29, 1.82) is 0 Å². The first kappa shape index (κ1) is 23.0. The maximum atomic E-state index is 11.5. The molecule has 0 rings (SSSR count). The van der Waals surface area contributed by atoms with Crippen LogP contribution in [0.2, 0.25) is 0 Å². The number of Topliss-reactive ketones (excluding diaryl/α,β-unsaturated/α-hetero) is 1. The molecule has 0 spiro atoms. The summed E-state index contributed by atoms with van der Waals surface area (Å²) in [4.78, 5) is 22.8. The average molecular weight is 345 g/mol. The van der Waals surface area contributed by atoms with Gasteiger partial charge < -0.3 is 19.5 Å². The number of hydrogen-bond donors (Lipinski definition) is 1. The van der Waals surface area contributed by atoms with Gasteiger partial charge >= 0.3 is 0 Å². The first-order valence-electron chi connectivity index (χ1n) is 8.96. The quantitative estimate of drug-likeness (QED) is 0.435. The summed E-state index contributed by atoms with van der Waals surface area (Å²) in [7, 11) is 0. The van der Waals surface area contributed by atoms with E-state index in [2.05, 4.69) is 19.2 Å². The molecule has 0 unspecified atom stereocenters. The Bertz CT molecular complexity index is 299. The van der Waals surface area contributed by atoms with Crippen LogP contribution in [0.15, 0.2) is 0 Å². The monoisotopic (exact) mass is 345 g/mol. The molecule has 0 aromatic rings. The van der Waals surface area contributed by atoms with Crippen LogP contribution < -0.4 is 5.32 Å². The molecule has 0 heterocycles. The molecule has 142 valence electrons. The fourth-order valence-corrected chi connectivity index (χ4v) is 2.03. The van der Waals surface area contributed by atoms with Gasteiger partial charge in [0.25, 0.3) is 0 Å². The van der Waals surface area contributed by atoms with Crippen LogP contribution in [0.5, 0.6) is 0 Å². The van der Waals surface area contributed by atoms with Crippen molar-refractivity contribution in [2.75, 3.05) is 39.6 Å². The van der Waals surface area contributed by atoms with Crippen LogP contribution in [-0.4, -0.2) is 57.4 Å². The lowest BCUT2D eigenvalue weighted by Gasteiger charge is -2.09. The minimum Gasteiger partial charge on any atom is -0.379 e. The van der Waals surface area contributed by atoms with E-state index in [-0.39, 0.29) is 11.9 Å².